The Morgan fingerprint density at radius 2 is 2.20 bits per heavy atom. The molecule has 0 aliphatic carbocycles. The van der Waals surface area contributed by atoms with Gasteiger partial charge in [-0.25, -0.2) is 8.42 Å². The molecule has 20 heavy (non-hydrogen) atoms. The minimum atomic E-state index is -3.69. The van der Waals surface area contributed by atoms with E-state index >= 15 is 0 Å². The average Bonchev–Trinajstić information content (AvgIpc) is 2.84. The molecule has 1 aliphatic heterocycles. The summed E-state index contributed by atoms with van der Waals surface area (Å²) in [5, 5.41) is 20.6. The maximum absolute atomic E-state index is 11.7. The van der Waals surface area contributed by atoms with Crippen molar-refractivity contribution in [1.29, 1.82) is 0 Å². The zero-order chi connectivity index (χ0) is 14.9. The second kappa shape index (κ2) is 5.37. The van der Waals surface area contributed by atoms with Gasteiger partial charge in [-0.1, -0.05) is 6.07 Å². The van der Waals surface area contributed by atoms with Crippen LogP contribution in [0.25, 0.3) is 0 Å². The third kappa shape index (κ3) is 2.61. The van der Waals surface area contributed by atoms with E-state index in [1.165, 1.54) is 18.2 Å². The van der Waals surface area contributed by atoms with Crippen LogP contribution in [0, 0.1) is 10.1 Å². The molecule has 1 atom stereocenters. The van der Waals surface area contributed by atoms with Gasteiger partial charge in [0.05, 0.1) is 17.6 Å². The Morgan fingerprint density at radius 1 is 1.50 bits per heavy atom. The number of anilines is 1. The highest BCUT2D eigenvalue weighted by Crippen LogP contribution is 2.37. The van der Waals surface area contributed by atoms with Crippen LogP contribution in [0.15, 0.2) is 23.1 Å². The van der Waals surface area contributed by atoms with Gasteiger partial charge >= 0.3 is 5.69 Å². The number of nitro benzene ring substituents is 1. The Balaban J connectivity index is 2.62. The van der Waals surface area contributed by atoms with Crippen LogP contribution in [0.4, 0.5) is 11.4 Å². The summed E-state index contributed by atoms with van der Waals surface area (Å²) in [5.74, 6) is 0. The summed E-state index contributed by atoms with van der Waals surface area (Å²) in [5.41, 5.74) is -0.148. The fraction of sp³-hybridized carbons (Fsp3) is 0.500. The van der Waals surface area contributed by atoms with E-state index in [9.17, 15) is 23.6 Å². The molecule has 1 aliphatic rings. The first-order valence-electron chi connectivity index (χ1n) is 6.21. The Bertz CT molecular complexity index is 629. The standard InChI is InChI=1S/C12H16N2O5S/c1-20(18,19)11-6-2-5-10(12(11)14(16)17)13-7-3-4-9(13)8-15/h2,5-6,9,15H,3-4,7-8H2,1H3. The van der Waals surface area contributed by atoms with Crippen LogP contribution in [0.5, 0.6) is 0 Å². The number of rotatable bonds is 4. The smallest absolute Gasteiger partial charge is 0.311 e. The summed E-state index contributed by atoms with van der Waals surface area (Å²) in [6, 6.07) is 4.05. The van der Waals surface area contributed by atoms with Gasteiger partial charge in [-0.15, -0.1) is 0 Å². The number of hydrogen-bond acceptors (Lipinski definition) is 6. The molecule has 1 fully saturated rings. The van der Waals surface area contributed by atoms with Crippen molar-refractivity contribution in [2.24, 2.45) is 0 Å². The second-order valence-corrected chi connectivity index (χ2v) is 6.81. The maximum atomic E-state index is 11.7. The van der Waals surface area contributed by atoms with Gasteiger partial charge < -0.3 is 10.0 Å². The van der Waals surface area contributed by atoms with Gasteiger partial charge in [0, 0.05) is 12.8 Å². The molecule has 0 amide bonds. The van der Waals surface area contributed by atoms with Crippen LogP contribution < -0.4 is 4.90 Å². The fourth-order valence-electron chi connectivity index (χ4n) is 2.57. The molecule has 2 rings (SSSR count). The van der Waals surface area contributed by atoms with Gasteiger partial charge in [0.1, 0.15) is 10.6 Å². The molecule has 110 valence electrons. The normalized spacial score (nSPS) is 19.3. The zero-order valence-corrected chi connectivity index (χ0v) is 11.8. The molecular weight excluding hydrogens is 284 g/mol. The van der Waals surface area contributed by atoms with Gasteiger partial charge in [0.25, 0.3) is 0 Å². The number of aliphatic hydroxyl groups is 1. The third-order valence-corrected chi connectivity index (χ3v) is 4.59. The SMILES string of the molecule is CS(=O)(=O)c1cccc(N2CCCC2CO)c1[N+](=O)[O-]. The Labute approximate surface area is 116 Å². The van der Waals surface area contributed by atoms with Crippen molar-refractivity contribution in [3.8, 4) is 0 Å². The number of para-hydroxylation sites is 1. The number of benzene rings is 1. The van der Waals surface area contributed by atoms with Gasteiger partial charge in [-0.3, -0.25) is 10.1 Å². The number of nitro groups is 1. The third-order valence-electron chi connectivity index (χ3n) is 3.46. The topological polar surface area (TPSA) is 101 Å². The van der Waals surface area contributed by atoms with Crippen molar-refractivity contribution in [2.75, 3.05) is 24.3 Å². The Morgan fingerprint density at radius 3 is 2.75 bits per heavy atom. The highest BCUT2D eigenvalue weighted by atomic mass is 32.2. The van der Waals surface area contributed by atoms with Gasteiger partial charge in [0.2, 0.25) is 0 Å². The lowest BCUT2D eigenvalue weighted by Crippen LogP contribution is -2.32. The zero-order valence-electron chi connectivity index (χ0n) is 11.0. The first-order valence-corrected chi connectivity index (χ1v) is 8.10. The first-order chi connectivity index (χ1) is 9.36. The van der Waals surface area contributed by atoms with Crippen LogP contribution in [-0.4, -0.2) is 43.9 Å². The molecular formula is C12H16N2O5S. The monoisotopic (exact) mass is 300 g/mol. The van der Waals surface area contributed by atoms with Crippen LogP contribution in [0.1, 0.15) is 12.8 Å². The molecule has 0 radical (unpaired) electrons. The first kappa shape index (κ1) is 14.7. The van der Waals surface area contributed by atoms with Gasteiger partial charge in [-0.05, 0) is 25.0 Å². The Kier molecular flexibility index (Phi) is 3.96. The second-order valence-electron chi connectivity index (χ2n) is 4.83. The molecule has 1 aromatic rings. The van der Waals surface area contributed by atoms with E-state index in [0.29, 0.717) is 6.54 Å². The van der Waals surface area contributed by atoms with E-state index in [4.69, 9.17) is 0 Å². The van der Waals surface area contributed by atoms with Crippen molar-refractivity contribution in [3.05, 3.63) is 28.3 Å². The van der Waals surface area contributed by atoms with Crippen molar-refractivity contribution in [3.63, 3.8) is 0 Å². The van der Waals surface area contributed by atoms with E-state index in [1.807, 2.05) is 0 Å². The highest BCUT2D eigenvalue weighted by molar-refractivity contribution is 7.90. The molecule has 0 spiro atoms. The number of nitrogens with zero attached hydrogens (tertiary/aromatic N) is 2. The van der Waals surface area contributed by atoms with Crippen LogP contribution in [0.2, 0.25) is 0 Å². The van der Waals surface area contributed by atoms with Crippen molar-refractivity contribution >= 4 is 21.2 Å². The summed E-state index contributed by atoms with van der Waals surface area (Å²) in [6.45, 7) is 0.458. The molecule has 0 bridgehead atoms. The molecule has 0 aromatic heterocycles. The predicted molar refractivity (Wildman–Crippen MR) is 73.7 cm³/mol. The van der Waals surface area contributed by atoms with E-state index in [-0.39, 0.29) is 23.2 Å². The largest absolute Gasteiger partial charge is 0.394 e. The molecule has 1 saturated heterocycles. The molecule has 1 aromatic carbocycles. The van der Waals surface area contributed by atoms with E-state index < -0.39 is 20.4 Å². The number of aliphatic hydroxyl groups excluding tert-OH is 1. The van der Waals surface area contributed by atoms with Crippen LogP contribution in [0.3, 0.4) is 0 Å². The van der Waals surface area contributed by atoms with Gasteiger partial charge in [0.15, 0.2) is 9.84 Å². The summed E-state index contributed by atoms with van der Waals surface area (Å²) in [4.78, 5) is 12.1. The molecule has 7 nitrogen and oxygen atoms in total. The average molecular weight is 300 g/mol. The summed E-state index contributed by atoms with van der Waals surface area (Å²) >= 11 is 0. The number of sulfone groups is 1. The summed E-state index contributed by atoms with van der Waals surface area (Å²) in [6.07, 6.45) is 2.49. The molecule has 1 heterocycles. The highest BCUT2D eigenvalue weighted by Gasteiger charge is 2.33. The minimum absolute atomic E-state index is 0.111. The summed E-state index contributed by atoms with van der Waals surface area (Å²) < 4.78 is 23.4. The lowest BCUT2D eigenvalue weighted by atomic mass is 10.2. The van der Waals surface area contributed by atoms with Crippen LogP contribution in [-0.2, 0) is 9.84 Å². The van der Waals surface area contributed by atoms with Gasteiger partial charge in [-0.2, -0.15) is 0 Å². The summed E-state index contributed by atoms with van der Waals surface area (Å²) in [7, 11) is -3.69. The molecule has 0 saturated carbocycles. The fourth-order valence-corrected chi connectivity index (χ4v) is 3.42. The van der Waals surface area contributed by atoms with Crippen molar-refractivity contribution in [2.45, 2.75) is 23.8 Å². The lowest BCUT2D eigenvalue weighted by Gasteiger charge is -2.25. The number of hydrogen-bond donors (Lipinski definition) is 1. The molecule has 8 heteroatoms. The van der Waals surface area contributed by atoms with Crippen LogP contribution >= 0.6 is 0 Å². The van der Waals surface area contributed by atoms with E-state index in [1.54, 1.807) is 4.90 Å². The van der Waals surface area contributed by atoms with Crippen molar-refractivity contribution in [1.82, 2.24) is 0 Å². The molecule has 1 unspecified atom stereocenters. The quantitative estimate of drug-likeness (QED) is 0.656. The minimum Gasteiger partial charge on any atom is -0.394 e. The Hall–Kier alpha value is -1.67. The van der Waals surface area contributed by atoms with Crippen molar-refractivity contribution < 1.29 is 18.4 Å². The molecule has 1 N–H and O–H groups in total. The van der Waals surface area contributed by atoms with E-state index in [0.717, 1.165) is 19.1 Å². The predicted octanol–water partition coefficient (Wildman–Crippen LogP) is 0.959. The maximum Gasteiger partial charge on any atom is 0.311 e. The van der Waals surface area contributed by atoms with E-state index in [2.05, 4.69) is 0 Å². The lowest BCUT2D eigenvalue weighted by molar-refractivity contribution is -0.387.